The van der Waals surface area contributed by atoms with Crippen molar-refractivity contribution >= 4 is 0 Å². The number of aromatic nitrogens is 4. The second-order valence-corrected chi connectivity index (χ2v) is 4.06. The Kier molecular flexibility index (Phi) is 3.49. The number of nitrogens with two attached hydrogens (primary N) is 1. The van der Waals surface area contributed by atoms with Gasteiger partial charge in [-0.05, 0) is 31.5 Å². The van der Waals surface area contributed by atoms with E-state index in [4.69, 9.17) is 5.73 Å². The van der Waals surface area contributed by atoms with Gasteiger partial charge in [-0.2, -0.15) is 5.10 Å². The minimum Gasteiger partial charge on any atom is -0.322 e. The third kappa shape index (κ3) is 2.68. The lowest BCUT2D eigenvalue weighted by Crippen LogP contribution is -2.18. The topological polar surface area (TPSA) is 69.6 Å². The van der Waals surface area contributed by atoms with Gasteiger partial charge in [0, 0.05) is 19.2 Å². The van der Waals surface area contributed by atoms with Crippen LogP contribution in [0.4, 0.5) is 0 Å². The molecular formula is C12H17N5. The zero-order chi connectivity index (χ0) is 12.3. The molecule has 0 spiro atoms. The Morgan fingerprint density at radius 2 is 2.24 bits per heavy atom. The number of hydrogen-bond donors (Lipinski definition) is 1. The summed E-state index contributed by atoms with van der Waals surface area (Å²) in [5.74, 6) is 0.906. The quantitative estimate of drug-likeness (QED) is 0.859. The summed E-state index contributed by atoms with van der Waals surface area (Å²) in [5, 5.41) is 4.13. The maximum atomic E-state index is 6.14. The second kappa shape index (κ2) is 5.05. The van der Waals surface area contributed by atoms with Crippen molar-refractivity contribution in [2.24, 2.45) is 5.73 Å². The molecule has 1 atom stereocenters. The van der Waals surface area contributed by atoms with Crippen molar-refractivity contribution in [2.45, 2.75) is 32.9 Å². The van der Waals surface area contributed by atoms with Crippen LogP contribution >= 0.6 is 0 Å². The second-order valence-electron chi connectivity index (χ2n) is 4.06. The van der Waals surface area contributed by atoms with Crippen molar-refractivity contribution in [3.8, 4) is 0 Å². The Balaban J connectivity index is 2.14. The van der Waals surface area contributed by atoms with Crippen LogP contribution < -0.4 is 5.73 Å². The zero-order valence-corrected chi connectivity index (χ0v) is 10.2. The molecule has 0 aliphatic heterocycles. The maximum Gasteiger partial charge on any atom is 0.138 e. The van der Waals surface area contributed by atoms with E-state index in [9.17, 15) is 0 Å². The van der Waals surface area contributed by atoms with E-state index < -0.39 is 0 Å². The molecule has 0 radical (unpaired) electrons. The fraction of sp³-hybridized carbons (Fsp3) is 0.417. The van der Waals surface area contributed by atoms with E-state index in [1.807, 2.05) is 30.7 Å². The first-order valence-electron chi connectivity index (χ1n) is 5.75. The first-order chi connectivity index (χ1) is 8.20. The van der Waals surface area contributed by atoms with Gasteiger partial charge in [-0.25, -0.2) is 4.98 Å². The van der Waals surface area contributed by atoms with Crippen molar-refractivity contribution in [1.82, 2.24) is 19.7 Å². The molecule has 0 aromatic carbocycles. The zero-order valence-electron chi connectivity index (χ0n) is 10.2. The maximum absolute atomic E-state index is 6.14. The number of rotatable bonds is 4. The summed E-state index contributed by atoms with van der Waals surface area (Å²) in [4.78, 5) is 8.51. The highest BCUT2D eigenvalue weighted by atomic mass is 15.3. The van der Waals surface area contributed by atoms with Gasteiger partial charge < -0.3 is 5.73 Å². The molecule has 1 unspecified atom stereocenters. The highest BCUT2D eigenvalue weighted by Crippen LogP contribution is 2.13. The Morgan fingerprint density at radius 1 is 1.41 bits per heavy atom. The smallest absolute Gasteiger partial charge is 0.138 e. The van der Waals surface area contributed by atoms with Gasteiger partial charge in [-0.3, -0.25) is 9.67 Å². The summed E-state index contributed by atoms with van der Waals surface area (Å²) >= 11 is 0. The molecule has 0 saturated carbocycles. The van der Waals surface area contributed by atoms with Crippen LogP contribution in [0.1, 0.15) is 30.0 Å². The molecule has 0 saturated heterocycles. The molecule has 2 aromatic heterocycles. The van der Waals surface area contributed by atoms with Gasteiger partial charge in [0.15, 0.2) is 0 Å². The molecule has 2 rings (SSSR count). The minimum absolute atomic E-state index is 0.135. The van der Waals surface area contributed by atoms with Crippen LogP contribution in [0.3, 0.4) is 0 Å². The first kappa shape index (κ1) is 11.7. The summed E-state index contributed by atoms with van der Waals surface area (Å²) in [5.41, 5.74) is 8.20. The molecular weight excluding hydrogens is 214 g/mol. The van der Waals surface area contributed by atoms with E-state index in [0.717, 1.165) is 18.1 Å². The largest absolute Gasteiger partial charge is 0.322 e. The van der Waals surface area contributed by atoms with Crippen molar-refractivity contribution < 1.29 is 0 Å². The van der Waals surface area contributed by atoms with Crippen LogP contribution in [0.2, 0.25) is 0 Å². The average molecular weight is 231 g/mol. The van der Waals surface area contributed by atoms with Gasteiger partial charge in [0.2, 0.25) is 0 Å². The summed E-state index contributed by atoms with van der Waals surface area (Å²) in [6.07, 6.45) is 4.01. The molecule has 2 aromatic rings. The number of aryl methyl sites for hydroxylation is 2. The summed E-state index contributed by atoms with van der Waals surface area (Å²) < 4.78 is 1.86. The molecule has 0 aliphatic rings. The third-order valence-corrected chi connectivity index (χ3v) is 2.71. The van der Waals surface area contributed by atoms with Crippen molar-refractivity contribution in [3.05, 3.63) is 41.7 Å². The highest BCUT2D eigenvalue weighted by Gasteiger charge is 2.12. The monoisotopic (exact) mass is 231 g/mol. The molecule has 2 heterocycles. The molecule has 2 N–H and O–H groups in total. The lowest BCUT2D eigenvalue weighted by atomic mass is 10.1. The predicted molar refractivity (Wildman–Crippen MR) is 65.3 cm³/mol. The summed E-state index contributed by atoms with van der Waals surface area (Å²) in [6, 6.07) is 3.84. The molecule has 5 heteroatoms. The van der Waals surface area contributed by atoms with E-state index in [1.165, 1.54) is 5.56 Å². The molecule has 0 aliphatic carbocycles. The first-order valence-corrected chi connectivity index (χ1v) is 5.75. The number of pyridine rings is 1. The fourth-order valence-electron chi connectivity index (χ4n) is 1.77. The van der Waals surface area contributed by atoms with Crippen LogP contribution in [0.15, 0.2) is 24.7 Å². The van der Waals surface area contributed by atoms with E-state index in [0.29, 0.717) is 6.42 Å². The van der Waals surface area contributed by atoms with Crippen molar-refractivity contribution in [2.75, 3.05) is 0 Å². The Hall–Kier alpha value is -1.75. The fourth-order valence-corrected chi connectivity index (χ4v) is 1.77. The van der Waals surface area contributed by atoms with Crippen LogP contribution in [-0.4, -0.2) is 19.7 Å². The Labute approximate surface area is 101 Å². The molecule has 0 amide bonds. The van der Waals surface area contributed by atoms with E-state index in [2.05, 4.69) is 15.1 Å². The SMILES string of the molecule is CCn1ncnc1CC(N)c1cc(C)ccn1. The molecule has 0 bridgehead atoms. The number of hydrogen-bond acceptors (Lipinski definition) is 4. The van der Waals surface area contributed by atoms with Crippen LogP contribution in [0.25, 0.3) is 0 Å². The lowest BCUT2D eigenvalue weighted by molar-refractivity contribution is 0.575. The highest BCUT2D eigenvalue weighted by molar-refractivity contribution is 5.17. The molecule has 0 fully saturated rings. The minimum atomic E-state index is -0.135. The molecule has 5 nitrogen and oxygen atoms in total. The van der Waals surface area contributed by atoms with E-state index in [-0.39, 0.29) is 6.04 Å². The van der Waals surface area contributed by atoms with Gasteiger partial charge in [-0.15, -0.1) is 0 Å². The van der Waals surface area contributed by atoms with Gasteiger partial charge >= 0.3 is 0 Å². The van der Waals surface area contributed by atoms with Crippen molar-refractivity contribution in [3.63, 3.8) is 0 Å². The normalized spacial score (nSPS) is 12.6. The third-order valence-electron chi connectivity index (χ3n) is 2.71. The van der Waals surface area contributed by atoms with Gasteiger partial charge in [-0.1, -0.05) is 0 Å². The lowest BCUT2D eigenvalue weighted by Gasteiger charge is -2.11. The van der Waals surface area contributed by atoms with Crippen LogP contribution in [0.5, 0.6) is 0 Å². The van der Waals surface area contributed by atoms with E-state index >= 15 is 0 Å². The van der Waals surface area contributed by atoms with Crippen LogP contribution in [-0.2, 0) is 13.0 Å². The van der Waals surface area contributed by atoms with Gasteiger partial charge in [0.05, 0.1) is 11.7 Å². The van der Waals surface area contributed by atoms with E-state index in [1.54, 1.807) is 12.5 Å². The predicted octanol–water partition coefficient (Wildman–Crippen LogP) is 1.24. The van der Waals surface area contributed by atoms with Gasteiger partial charge in [0.25, 0.3) is 0 Å². The number of nitrogens with zero attached hydrogens (tertiary/aromatic N) is 4. The average Bonchev–Trinajstić information content (AvgIpc) is 2.76. The van der Waals surface area contributed by atoms with Gasteiger partial charge in [0.1, 0.15) is 12.2 Å². The molecule has 90 valence electrons. The Bertz CT molecular complexity index is 491. The standard InChI is InChI=1S/C12H17N5/c1-3-17-12(15-8-16-17)7-10(13)11-6-9(2)4-5-14-11/h4-6,8,10H,3,7,13H2,1-2H3. The van der Waals surface area contributed by atoms with Crippen LogP contribution in [0, 0.1) is 6.92 Å². The van der Waals surface area contributed by atoms with Crippen molar-refractivity contribution in [1.29, 1.82) is 0 Å². The molecule has 17 heavy (non-hydrogen) atoms. The Morgan fingerprint density at radius 3 is 2.94 bits per heavy atom. The summed E-state index contributed by atoms with van der Waals surface area (Å²) in [6.45, 7) is 4.88. The summed E-state index contributed by atoms with van der Waals surface area (Å²) in [7, 11) is 0.